The van der Waals surface area contributed by atoms with Gasteiger partial charge in [-0.3, -0.25) is 4.79 Å². The summed E-state index contributed by atoms with van der Waals surface area (Å²) in [5.74, 6) is -0.759. The third kappa shape index (κ3) is 1.59. The molecule has 4 nitrogen and oxygen atoms in total. The molecule has 0 radical (unpaired) electrons. The van der Waals surface area contributed by atoms with Crippen LogP contribution in [-0.4, -0.2) is 31.4 Å². The Morgan fingerprint density at radius 2 is 2.21 bits per heavy atom. The van der Waals surface area contributed by atoms with E-state index in [9.17, 15) is 9.59 Å². The van der Waals surface area contributed by atoms with Gasteiger partial charge in [-0.25, -0.2) is 4.79 Å². The lowest BCUT2D eigenvalue weighted by molar-refractivity contribution is -0.144. The predicted octanol–water partition coefficient (Wildman–Crippen LogP) is 2.12. The first-order chi connectivity index (χ1) is 9.00. The van der Waals surface area contributed by atoms with Crippen molar-refractivity contribution in [2.24, 2.45) is 0 Å². The molecule has 0 aliphatic carbocycles. The van der Waals surface area contributed by atoms with Gasteiger partial charge in [0.2, 0.25) is 11.3 Å². The second-order valence-electron chi connectivity index (χ2n) is 4.70. The Balaban J connectivity index is 2.68. The van der Waals surface area contributed by atoms with Crippen LogP contribution in [0.4, 0.5) is 5.69 Å². The number of esters is 1. The van der Waals surface area contributed by atoms with Gasteiger partial charge in [0, 0.05) is 24.7 Å². The van der Waals surface area contributed by atoms with Gasteiger partial charge in [0.05, 0.1) is 7.11 Å². The summed E-state index contributed by atoms with van der Waals surface area (Å²) in [5.41, 5.74) is 0.906. The van der Waals surface area contributed by atoms with Crippen LogP contribution in [0.2, 0.25) is 0 Å². The fourth-order valence-electron chi connectivity index (χ4n) is 2.71. The number of nitrogens with zero attached hydrogens (tertiary/aromatic N) is 1. The number of ether oxygens (including phenoxy) is 1. The molecule has 100 valence electrons. The maximum Gasteiger partial charge on any atom is 0.340 e. The molecule has 0 fully saturated rings. The zero-order valence-corrected chi connectivity index (χ0v) is 11.4. The number of hydrogen-bond acceptors (Lipinski definition) is 4. The van der Waals surface area contributed by atoms with Gasteiger partial charge in [0.1, 0.15) is 0 Å². The number of carbonyl (C=O) groups excluding carboxylic acids is 2. The minimum Gasteiger partial charge on any atom is -0.467 e. The number of rotatable bonds is 3. The molecule has 1 aromatic rings. The first kappa shape index (κ1) is 13.3. The highest BCUT2D eigenvalue weighted by Crippen LogP contribution is 2.41. The third-order valence-electron chi connectivity index (χ3n) is 3.75. The Morgan fingerprint density at radius 1 is 1.53 bits per heavy atom. The smallest absolute Gasteiger partial charge is 0.340 e. The molecule has 0 spiro atoms. The highest BCUT2D eigenvalue weighted by molar-refractivity contribution is 6.25. The maximum atomic E-state index is 12.7. The fraction of sp³-hybridized carbons (Fsp3) is 0.333. The Labute approximate surface area is 112 Å². The zero-order chi connectivity index (χ0) is 14.2. The number of ketones is 1. The molecule has 1 heterocycles. The first-order valence-electron chi connectivity index (χ1n) is 6.08. The molecule has 0 N–H and O–H groups in total. The van der Waals surface area contributed by atoms with Gasteiger partial charge >= 0.3 is 5.97 Å². The number of carbonyl (C=O) groups is 2. The second-order valence-corrected chi connectivity index (χ2v) is 4.70. The summed E-state index contributed by atoms with van der Waals surface area (Å²) in [4.78, 5) is 26.6. The molecule has 0 amide bonds. The molecule has 1 aromatic carbocycles. The lowest BCUT2D eigenvalue weighted by Gasteiger charge is -2.32. The van der Waals surface area contributed by atoms with Crippen molar-refractivity contribution in [3.8, 4) is 0 Å². The van der Waals surface area contributed by atoms with E-state index in [0.29, 0.717) is 5.56 Å². The topological polar surface area (TPSA) is 46.6 Å². The molecule has 0 saturated heterocycles. The summed E-state index contributed by atoms with van der Waals surface area (Å²) in [5, 5.41) is 0. The Kier molecular flexibility index (Phi) is 3.18. The number of likely N-dealkylation sites (N-methyl/N-ethyl adjacent to an activating group) is 1. The molecule has 19 heavy (non-hydrogen) atoms. The van der Waals surface area contributed by atoms with Crippen molar-refractivity contribution >= 4 is 17.4 Å². The van der Waals surface area contributed by atoms with Crippen molar-refractivity contribution in [3.63, 3.8) is 0 Å². The van der Waals surface area contributed by atoms with Crippen molar-refractivity contribution in [3.05, 3.63) is 42.0 Å². The van der Waals surface area contributed by atoms with Crippen LogP contribution >= 0.6 is 0 Å². The number of anilines is 1. The van der Waals surface area contributed by atoms with E-state index in [-0.39, 0.29) is 12.2 Å². The van der Waals surface area contributed by atoms with E-state index in [2.05, 4.69) is 6.58 Å². The molecular weight excluding hydrogens is 242 g/mol. The highest BCUT2D eigenvalue weighted by Gasteiger charge is 2.56. The van der Waals surface area contributed by atoms with E-state index in [1.807, 2.05) is 25.1 Å². The Morgan fingerprint density at radius 3 is 2.74 bits per heavy atom. The van der Waals surface area contributed by atoms with Gasteiger partial charge in [-0.2, -0.15) is 0 Å². The molecule has 2 rings (SSSR count). The fourth-order valence-corrected chi connectivity index (χ4v) is 2.71. The molecule has 1 atom stereocenters. The van der Waals surface area contributed by atoms with Crippen LogP contribution in [-0.2, 0) is 9.53 Å². The average Bonchev–Trinajstić information content (AvgIpc) is 2.62. The van der Waals surface area contributed by atoms with Crippen LogP contribution in [0.15, 0.2) is 30.9 Å². The van der Waals surface area contributed by atoms with Crippen molar-refractivity contribution in [1.29, 1.82) is 0 Å². The maximum absolute atomic E-state index is 12.7. The molecule has 0 bridgehead atoms. The third-order valence-corrected chi connectivity index (χ3v) is 3.75. The van der Waals surface area contributed by atoms with Crippen LogP contribution in [0.5, 0.6) is 0 Å². The second kappa shape index (κ2) is 4.53. The first-order valence-corrected chi connectivity index (χ1v) is 6.08. The van der Waals surface area contributed by atoms with Crippen LogP contribution in [0.3, 0.4) is 0 Å². The van der Waals surface area contributed by atoms with Gasteiger partial charge in [-0.05, 0) is 18.6 Å². The molecule has 1 aliphatic heterocycles. The molecule has 0 aromatic heterocycles. The molecule has 0 saturated carbocycles. The minimum absolute atomic E-state index is 0.213. The molecule has 4 heteroatoms. The van der Waals surface area contributed by atoms with E-state index in [4.69, 9.17) is 4.74 Å². The van der Waals surface area contributed by atoms with E-state index in [1.165, 1.54) is 7.11 Å². The largest absolute Gasteiger partial charge is 0.467 e. The van der Waals surface area contributed by atoms with Gasteiger partial charge in [0.25, 0.3) is 0 Å². The summed E-state index contributed by atoms with van der Waals surface area (Å²) >= 11 is 0. The normalized spacial score (nSPS) is 21.2. The van der Waals surface area contributed by atoms with E-state index in [1.54, 1.807) is 18.0 Å². The highest BCUT2D eigenvalue weighted by atomic mass is 16.5. The number of methoxy groups -OCH3 is 1. The van der Waals surface area contributed by atoms with Gasteiger partial charge in [-0.1, -0.05) is 18.2 Å². The number of benzene rings is 1. The van der Waals surface area contributed by atoms with Crippen molar-refractivity contribution in [2.75, 3.05) is 19.1 Å². The molecule has 1 aliphatic rings. The van der Waals surface area contributed by atoms with Gasteiger partial charge < -0.3 is 9.64 Å². The predicted molar refractivity (Wildman–Crippen MR) is 73.5 cm³/mol. The van der Waals surface area contributed by atoms with Gasteiger partial charge in [0.15, 0.2) is 0 Å². The standard InChI is InChI=1S/C15H17NO3/c1-5-9-15(14(18)19-4)13(17)12-10(2)7-6-8-11(12)16(15)3/h5-8H,1,9H2,2-4H3. The SMILES string of the molecule is C=CCC1(C(=O)OC)C(=O)c2c(C)cccc2N1C. The summed E-state index contributed by atoms with van der Waals surface area (Å²) in [6.45, 7) is 5.52. The van der Waals surface area contributed by atoms with Crippen molar-refractivity contribution < 1.29 is 14.3 Å². The lowest BCUT2D eigenvalue weighted by atomic mass is 9.88. The summed E-state index contributed by atoms with van der Waals surface area (Å²) in [7, 11) is 3.04. The van der Waals surface area contributed by atoms with Crippen LogP contribution in [0.1, 0.15) is 22.3 Å². The van der Waals surface area contributed by atoms with Crippen LogP contribution < -0.4 is 4.90 Å². The number of hydrogen-bond donors (Lipinski definition) is 0. The number of Topliss-reactive ketones (excluding diaryl/α,β-unsaturated/α-hetero) is 1. The summed E-state index contributed by atoms with van der Waals surface area (Å²) in [6, 6.07) is 5.58. The van der Waals surface area contributed by atoms with Gasteiger partial charge in [-0.15, -0.1) is 6.58 Å². The average molecular weight is 259 g/mol. The monoisotopic (exact) mass is 259 g/mol. The quantitative estimate of drug-likeness (QED) is 0.474. The van der Waals surface area contributed by atoms with Crippen LogP contribution in [0, 0.1) is 6.92 Å². The molecular formula is C15H17NO3. The molecule has 1 unspecified atom stereocenters. The summed E-state index contributed by atoms with van der Waals surface area (Å²) < 4.78 is 4.85. The summed E-state index contributed by atoms with van der Waals surface area (Å²) in [6.07, 6.45) is 1.80. The number of fused-ring (bicyclic) bond motifs is 1. The van der Waals surface area contributed by atoms with E-state index in [0.717, 1.165) is 11.3 Å². The van der Waals surface area contributed by atoms with Crippen molar-refractivity contribution in [1.82, 2.24) is 0 Å². The van der Waals surface area contributed by atoms with E-state index >= 15 is 0 Å². The number of aryl methyl sites for hydroxylation is 1. The Bertz CT molecular complexity index is 565. The van der Waals surface area contributed by atoms with Crippen molar-refractivity contribution in [2.45, 2.75) is 18.9 Å². The lowest BCUT2D eigenvalue weighted by Crippen LogP contribution is -2.55. The Hall–Kier alpha value is -2.10. The minimum atomic E-state index is -1.31. The zero-order valence-electron chi connectivity index (χ0n) is 11.4. The van der Waals surface area contributed by atoms with E-state index < -0.39 is 11.5 Å². The van der Waals surface area contributed by atoms with Crippen LogP contribution in [0.25, 0.3) is 0 Å².